The van der Waals surface area contributed by atoms with E-state index in [9.17, 15) is 13.2 Å². The summed E-state index contributed by atoms with van der Waals surface area (Å²) < 4.78 is 23.1. The van der Waals surface area contributed by atoms with Crippen LogP contribution in [0.5, 0.6) is 0 Å². The molecular formula is C17H25N3O3S. The molecule has 2 aliphatic rings. The van der Waals surface area contributed by atoms with Gasteiger partial charge in [0.25, 0.3) is 0 Å². The van der Waals surface area contributed by atoms with Crippen molar-refractivity contribution in [3.63, 3.8) is 0 Å². The largest absolute Gasteiger partial charge is 0.355 e. The molecule has 2 saturated heterocycles. The molecule has 24 heavy (non-hydrogen) atoms. The second kappa shape index (κ2) is 7.63. The molecule has 0 bridgehead atoms. The van der Waals surface area contributed by atoms with Crippen LogP contribution in [0.3, 0.4) is 0 Å². The number of benzene rings is 1. The molecule has 1 atom stereocenters. The first-order valence-electron chi connectivity index (χ1n) is 8.52. The average molecular weight is 351 g/mol. The molecule has 1 aromatic carbocycles. The third-order valence-electron chi connectivity index (χ3n) is 4.87. The molecule has 0 aliphatic carbocycles. The lowest BCUT2D eigenvalue weighted by Gasteiger charge is -2.33. The number of hydrogen-bond acceptors (Lipinski definition) is 5. The SMILES string of the molecule is O=C1C[C@@H](c2ccccc2)N(CCN2CCS(=O)(=O)CC2)CCN1. The van der Waals surface area contributed by atoms with E-state index in [1.54, 1.807) is 0 Å². The second-order valence-corrected chi connectivity index (χ2v) is 8.81. The van der Waals surface area contributed by atoms with E-state index in [-0.39, 0.29) is 23.5 Å². The van der Waals surface area contributed by atoms with Crippen molar-refractivity contribution in [2.24, 2.45) is 0 Å². The van der Waals surface area contributed by atoms with Crippen LogP contribution in [0, 0.1) is 0 Å². The highest BCUT2D eigenvalue weighted by molar-refractivity contribution is 7.91. The Labute approximate surface area is 143 Å². The first-order valence-corrected chi connectivity index (χ1v) is 10.3. The van der Waals surface area contributed by atoms with Crippen molar-refractivity contribution < 1.29 is 13.2 Å². The summed E-state index contributed by atoms with van der Waals surface area (Å²) >= 11 is 0. The summed E-state index contributed by atoms with van der Waals surface area (Å²) in [6.45, 7) is 4.39. The molecule has 1 amide bonds. The molecule has 2 heterocycles. The quantitative estimate of drug-likeness (QED) is 0.844. The number of hydrogen-bond donors (Lipinski definition) is 1. The van der Waals surface area contributed by atoms with Gasteiger partial charge in [-0.1, -0.05) is 30.3 Å². The summed E-state index contributed by atoms with van der Waals surface area (Å²) in [7, 11) is -2.84. The van der Waals surface area contributed by atoms with Gasteiger partial charge in [-0.15, -0.1) is 0 Å². The fourth-order valence-corrected chi connectivity index (χ4v) is 4.66. The van der Waals surface area contributed by atoms with Crippen molar-refractivity contribution in [1.82, 2.24) is 15.1 Å². The molecular weight excluding hydrogens is 326 g/mol. The summed E-state index contributed by atoms with van der Waals surface area (Å²) in [6, 6.07) is 10.2. The third-order valence-corrected chi connectivity index (χ3v) is 6.47. The Hall–Kier alpha value is -1.44. The van der Waals surface area contributed by atoms with E-state index in [1.807, 2.05) is 18.2 Å². The number of carbonyl (C=O) groups excluding carboxylic acids is 1. The van der Waals surface area contributed by atoms with Crippen molar-refractivity contribution >= 4 is 15.7 Å². The second-order valence-electron chi connectivity index (χ2n) is 6.51. The predicted octanol–water partition coefficient (Wildman–Crippen LogP) is 0.280. The Morgan fingerprint density at radius 3 is 2.46 bits per heavy atom. The van der Waals surface area contributed by atoms with E-state index in [1.165, 1.54) is 0 Å². The van der Waals surface area contributed by atoms with Crippen LogP contribution < -0.4 is 5.32 Å². The summed E-state index contributed by atoms with van der Waals surface area (Å²) in [6.07, 6.45) is 0.471. The van der Waals surface area contributed by atoms with Gasteiger partial charge in [-0.25, -0.2) is 8.42 Å². The Kier molecular flexibility index (Phi) is 5.53. The maximum absolute atomic E-state index is 12.0. The maximum Gasteiger partial charge on any atom is 0.221 e. The molecule has 0 saturated carbocycles. The van der Waals surface area contributed by atoms with Gasteiger partial charge < -0.3 is 10.2 Å². The van der Waals surface area contributed by atoms with Gasteiger partial charge in [0.15, 0.2) is 9.84 Å². The number of nitrogens with zero attached hydrogens (tertiary/aromatic N) is 2. The van der Waals surface area contributed by atoms with Crippen molar-refractivity contribution in [3.05, 3.63) is 35.9 Å². The summed E-state index contributed by atoms with van der Waals surface area (Å²) in [5.74, 6) is 0.611. The Morgan fingerprint density at radius 2 is 1.75 bits per heavy atom. The van der Waals surface area contributed by atoms with E-state index in [2.05, 4.69) is 27.2 Å². The molecule has 6 nitrogen and oxygen atoms in total. The zero-order chi connectivity index (χ0) is 17.0. The van der Waals surface area contributed by atoms with Crippen LogP contribution in [-0.2, 0) is 14.6 Å². The average Bonchev–Trinajstić information content (AvgIpc) is 2.76. The first-order chi connectivity index (χ1) is 11.5. The Morgan fingerprint density at radius 1 is 1.04 bits per heavy atom. The zero-order valence-electron chi connectivity index (χ0n) is 13.9. The fraction of sp³-hybridized carbons (Fsp3) is 0.588. The molecule has 0 radical (unpaired) electrons. The van der Waals surface area contributed by atoms with Gasteiger partial charge in [0, 0.05) is 51.7 Å². The van der Waals surface area contributed by atoms with Crippen LogP contribution >= 0.6 is 0 Å². The topological polar surface area (TPSA) is 69.7 Å². The molecule has 0 aromatic heterocycles. The molecule has 7 heteroatoms. The van der Waals surface area contributed by atoms with Crippen LogP contribution in [-0.4, -0.2) is 74.9 Å². The lowest BCUT2D eigenvalue weighted by Crippen LogP contribution is -2.44. The fourth-order valence-electron chi connectivity index (χ4n) is 3.39. The summed E-state index contributed by atoms with van der Waals surface area (Å²) in [5.41, 5.74) is 1.16. The van der Waals surface area contributed by atoms with E-state index in [0.29, 0.717) is 26.1 Å². The molecule has 0 unspecified atom stereocenters. The number of carbonyl (C=O) groups is 1. The van der Waals surface area contributed by atoms with E-state index < -0.39 is 9.84 Å². The van der Waals surface area contributed by atoms with Crippen LogP contribution in [0.1, 0.15) is 18.0 Å². The van der Waals surface area contributed by atoms with Crippen LogP contribution in [0.25, 0.3) is 0 Å². The number of sulfone groups is 1. The number of amides is 1. The monoisotopic (exact) mass is 351 g/mol. The van der Waals surface area contributed by atoms with Gasteiger partial charge in [0.05, 0.1) is 11.5 Å². The van der Waals surface area contributed by atoms with Crippen LogP contribution in [0.2, 0.25) is 0 Å². The van der Waals surface area contributed by atoms with Gasteiger partial charge in [-0.3, -0.25) is 9.69 Å². The predicted molar refractivity (Wildman–Crippen MR) is 93.5 cm³/mol. The van der Waals surface area contributed by atoms with Crippen molar-refractivity contribution in [3.8, 4) is 0 Å². The van der Waals surface area contributed by atoms with E-state index >= 15 is 0 Å². The molecule has 132 valence electrons. The number of rotatable bonds is 4. The standard InChI is InChI=1S/C17H25N3O3S/c21-17-14-16(15-4-2-1-3-5-15)20(7-6-18-17)9-8-19-10-12-24(22,23)13-11-19/h1-5,16H,6-14H2,(H,18,21)/t16-/m0/s1. The minimum atomic E-state index is -2.84. The Balaban J connectivity index is 1.64. The molecule has 1 aromatic rings. The highest BCUT2D eigenvalue weighted by Crippen LogP contribution is 2.25. The van der Waals surface area contributed by atoms with Gasteiger partial charge in [-0.05, 0) is 5.56 Å². The Bertz CT molecular complexity index is 649. The molecule has 2 aliphatic heterocycles. The van der Waals surface area contributed by atoms with Crippen molar-refractivity contribution in [2.45, 2.75) is 12.5 Å². The highest BCUT2D eigenvalue weighted by atomic mass is 32.2. The third kappa shape index (κ3) is 4.55. The summed E-state index contributed by atoms with van der Waals surface area (Å²) in [5, 5.41) is 2.95. The first kappa shape index (κ1) is 17.4. The van der Waals surface area contributed by atoms with Crippen molar-refractivity contribution in [2.75, 3.05) is 50.8 Å². The smallest absolute Gasteiger partial charge is 0.221 e. The minimum absolute atomic E-state index is 0.0854. The van der Waals surface area contributed by atoms with Gasteiger partial charge in [0.2, 0.25) is 5.91 Å². The highest BCUT2D eigenvalue weighted by Gasteiger charge is 2.27. The number of nitrogens with one attached hydrogen (secondary N) is 1. The molecule has 3 rings (SSSR count). The zero-order valence-corrected chi connectivity index (χ0v) is 14.7. The maximum atomic E-state index is 12.0. The van der Waals surface area contributed by atoms with Gasteiger partial charge >= 0.3 is 0 Å². The molecule has 2 fully saturated rings. The molecule has 1 N–H and O–H groups in total. The lowest BCUT2D eigenvalue weighted by atomic mass is 10.0. The summed E-state index contributed by atoms with van der Waals surface area (Å²) in [4.78, 5) is 16.5. The minimum Gasteiger partial charge on any atom is -0.355 e. The van der Waals surface area contributed by atoms with E-state index in [4.69, 9.17) is 0 Å². The van der Waals surface area contributed by atoms with Gasteiger partial charge in [0.1, 0.15) is 0 Å². The van der Waals surface area contributed by atoms with Gasteiger partial charge in [-0.2, -0.15) is 0 Å². The lowest BCUT2D eigenvalue weighted by molar-refractivity contribution is -0.121. The normalized spacial score (nSPS) is 25.8. The van der Waals surface area contributed by atoms with Crippen LogP contribution in [0.4, 0.5) is 0 Å². The molecule has 0 spiro atoms. The van der Waals surface area contributed by atoms with Crippen LogP contribution in [0.15, 0.2) is 30.3 Å². The van der Waals surface area contributed by atoms with E-state index in [0.717, 1.165) is 25.2 Å². The van der Waals surface area contributed by atoms with Crippen molar-refractivity contribution in [1.29, 1.82) is 0 Å².